The van der Waals surface area contributed by atoms with E-state index in [0.29, 0.717) is 24.6 Å². The first-order valence-corrected chi connectivity index (χ1v) is 13.3. The average molecular weight is 512 g/mol. The van der Waals surface area contributed by atoms with Gasteiger partial charge in [-0.15, -0.1) is 0 Å². The fraction of sp³-hybridized carbons (Fsp3) is 0.308. The summed E-state index contributed by atoms with van der Waals surface area (Å²) in [6.07, 6.45) is 5.45. The van der Waals surface area contributed by atoms with Gasteiger partial charge in [0.2, 0.25) is 0 Å². The molecule has 2 heterocycles. The molecule has 36 heavy (non-hydrogen) atoms. The van der Waals surface area contributed by atoms with E-state index in [4.69, 9.17) is 9.15 Å². The molecule has 2 amide bonds. The standard InChI is InChI=1S/C26H29N3O6S/c1-34-24-13-12-20(17-22(24)26(31)29-14-6-2-3-7-15-29)36(32,33)28-23-11-5-4-10-21(23)25(30)27-18-19-9-8-16-35-19/h4-5,8-13,16-17,28H,2-3,6-7,14-15,18H2,1H3,(H,27,30). The lowest BCUT2D eigenvalue weighted by Crippen LogP contribution is -2.32. The lowest BCUT2D eigenvalue weighted by Gasteiger charge is -2.22. The molecule has 0 atom stereocenters. The van der Waals surface area contributed by atoms with Gasteiger partial charge >= 0.3 is 0 Å². The molecule has 0 radical (unpaired) electrons. The van der Waals surface area contributed by atoms with Crippen molar-refractivity contribution in [1.82, 2.24) is 10.2 Å². The van der Waals surface area contributed by atoms with Crippen LogP contribution in [0.25, 0.3) is 0 Å². The predicted molar refractivity (Wildman–Crippen MR) is 134 cm³/mol. The molecule has 0 saturated carbocycles. The summed E-state index contributed by atoms with van der Waals surface area (Å²) in [6.45, 7) is 1.41. The number of hydrogen-bond acceptors (Lipinski definition) is 6. The maximum Gasteiger partial charge on any atom is 0.261 e. The van der Waals surface area contributed by atoms with Crippen LogP contribution in [0.5, 0.6) is 5.75 Å². The minimum atomic E-state index is -4.12. The van der Waals surface area contributed by atoms with Crippen molar-refractivity contribution in [3.05, 3.63) is 77.7 Å². The Labute approximate surface area is 210 Å². The monoisotopic (exact) mass is 511 g/mol. The van der Waals surface area contributed by atoms with Gasteiger partial charge in [-0.3, -0.25) is 14.3 Å². The first kappa shape index (κ1) is 25.3. The molecular weight excluding hydrogens is 482 g/mol. The summed E-state index contributed by atoms with van der Waals surface area (Å²) in [7, 11) is -2.68. The third-order valence-electron chi connectivity index (χ3n) is 6.02. The molecule has 190 valence electrons. The Morgan fingerprint density at radius 3 is 2.42 bits per heavy atom. The van der Waals surface area contributed by atoms with E-state index >= 15 is 0 Å². The number of amides is 2. The molecule has 0 spiro atoms. The third kappa shape index (κ3) is 5.88. The van der Waals surface area contributed by atoms with Crippen molar-refractivity contribution in [3.63, 3.8) is 0 Å². The molecule has 2 aromatic carbocycles. The predicted octanol–water partition coefficient (Wildman–Crippen LogP) is 4.04. The van der Waals surface area contributed by atoms with Crippen LogP contribution in [-0.2, 0) is 16.6 Å². The number of ether oxygens (including phenoxy) is 1. The molecular formula is C26H29N3O6S. The molecule has 4 rings (SSSR count). The van der Waals surface area contributed by atoms with Crippen LogP contribution in [-0.4, -0.2) is 45.3 Å². The first-order chi connectivity index (χ1) is 17.4. The number of para-hydroxylation sites is 1. The largest absolute Gasteiger partial charge is 0.496 e. The topological polar surface area (TPSA) is 118 Å². The van der Waals surface area contributed by atoms with Crippen LogP contribution in [0.15, 0.2) is 70.2 Å². The Morgan fingerprint density at radius 1 is 0.972 bits per heavy atom. The van der Waals surface area contributed by atoms with Gasteiger partial charge in [-0.25, -0.2) is 8.42 Å². The van der Waals surface area contributed by atoms with E-state index in [0.717, 1.165) is 25.7 Å². The molecule has 3 aromatic rings. The average Bonchev–Trinajstić information content (AvgIpc) is 3.26. The van der Waals surface area contributed by atoms with Crippen molar-refractivity contribution in [2.75, 3.05) is 24.9 Å². The van der Waals surface area contributed by atoms with E-state index in [-0.39, 0.29) is 34.2 Å². The molecule has 1 aliphatic heterocycles. The summed E-state index contributed by atoms with van der Waals surface area (Å²) in [6, 6.07) is 13.9. The molecule has 9 nitrogen and oxygen atoms in total. The highest BCUT2D eigenvalue weighted by Gasteiger charge is 2.25. The van der Waals surface area contributed by atoms with Gasteiger partial charge in [0.05, 0.1) is 41.6 Å². The van der Waals surface area contributed by atoms with Crippen LogP contribution in [0.3, 0.4) is 0 Å². The number of nitrogens with one attached hydrogen (secondary N) is 2. The number of furan rings is 1. The molecule has 1 aromatic heterocycles. The van der Waals surface area contributed by atoms with Crippen molar-refractivity contribution >= 4 is 27.5 Å². The van der Waals surface area contributed by atoms with E-state index in [1.54, 1.807) is 29.2 Å². The zero-order chi connectivity index (χ0) is 25.5. The van der Waals surface area contributed by atoms with Gasteiger partial charge in [0.15, 0.2) is 0 Å². The maximum absolute atomic E-state index is 13.3. The molecule has 0 unspecified atom stereocenters. The van der Waals surface area contributed by atoms with Gasteiger partial charge in [-0.1, -0.05) is 25.0 Å². The fourth-order valence-electron chi connectivity index (χ4n) is 4.12. The second-order valence-electron chi connectivity index (χ2n) is 8.48. The summed E-state index contributed by atoms with van der Waals surface area (Å²) in [5.74, 6) is 0.155. The zero-order valence-electron chi connectivity index (χ0n) is 20.0. The molecule has 2 N–H and O–H groups in total. The highest BCUT2D eigenvalue weighted by molar-refractivity contribution is 7.92. The second kappa shape index (κ2) is 11.3. The van der Waals surface area contributed by atoms with Gasteiger partial charge in [-0.2, -0.15) is 0 Å². The van der Waals surface area contributed by atoms with E-state index < -0.39 is 15.9 Å². The number of sulfonamides is 1. The van der Waals surface area contributed by atoms with Gasteiger partial charge in [0.25, 0.3) is 21.8 Å². The molecule has 0 aliphatic carbocycles. The zero-order valence-corrected chi connectivity index (χ0v) is 20.8. The van der Waals surface area contributed by atoms with Crippen molar-refractivity contribution in [1.29, 1.82) is 0 Å². The van der Waals surface area contributed by atoms with E-state index in [2.05, 4.69) is 10.0 Å². The van der Waals surface area contributed by atoms with Crippen molar-refractivity contribution < 1.29 is 27.2 Å². The number of anilines is 1. The second-order valence-corrected chi connectivity index (χ2v) is 10.2. The molecule has 10 heteroatoms. The van der Waals surface area contributed by atoms with Gasteiger partial charge < -0.3 is 19.4 Å². The number of hydrogen-bond donors (Lipinski definition) is 2. The van der Waals surface area contributed by atoms with Crippen LogP contribution >= 0.6 is 0 Å². The number of likely N-dealkylation sites (tertiary alicyclic amines) is 1. The Bertz CT molecular complexity index is 1310. The lowest BCUT2D eigenvalue weighted by molar-refractivity contribution is 0.0757. The van der Waals surface area contributed by atoms with Gasteiger partial charge in [0, 0.05) is 13.1 Å². The fourth-order valence-corrected chi connectivity index (χ4v) is 5.22. The Morgan fingerprint density at radius 2 is 1.72 bits per heavy atom. The van der Waals surface area contributed by atoms with Gasteiger partial charge in [0.1, 0.15) is 11.5 Å². The quantitative estimate of drug-likeness (QED) is 0.471. The van der Waals surface area contributed by atoms with Crippen LogP contribution in [0.4, 0.5) is 5.69 Å². The normalized spacial score (nSPS) is 14.1. The van der Waals surface area contributed by atoms with Crippen LogP contribution < -0.4 is 14.8 Å². The minimum Gasteiger partial charge on any atom is -0.496 e. The van der Waals surface area contributed by atoms with E-state index in [9.17, 15) is 18.0 Å². The summed E-state index contributed by atoms with van der Waals surface area (Å²) in [5.41, 5.74) is 0.458. The van der Waals surface area contributed by atoms with Crippen molar-refractivity contribution in [2.24, 2.45) is 0 Å². The molecule has 1 aliphatic rings. The maximum atomic E-state index is 13.3. The van der Waals surface area contributed by atoms with Crippen LogP contribution in [0.1, 0.15) is 52.2 Å². The SMILES string of the molecule is COc1ccc(S(=O)(=O)Nc2ccccc2C(=O)NCc2ccco2)cc1C(=O)N1CCCCCC1. The number of benzene rings is 2. The van der Waals surface area contributed by atoms with E-state index in [1.165, 1.54) is 43.7 Å². The van der Waals surface area contributed by atoms with Crippen molar-refractivity contribution in [2.45, 2.75) is 37.1 Å². The Balaban J connectivity index is 1.57. The third-order valence-corrected chi connectivity index (χ3v) is 7.39. The lowest BCUT2D eigenvalue weighted by atomic mass is 10.1. The molecule has 1 saturated heterocycles. The number of nitrogens with zero attached hydrogens (tertiary/aromatic N) is 1. The minimum absolute atomic E-state index is 0.104. The molecule has 0 bridgehead atoms. The van der Waals surface area contributed by atoms with Crippen LogP contribution in [0.2, 0.25) is 0 Å². The first-order valence-electron chi connectivity index (χ1n) is 11.8. The van der Waals surface area contributed by atoms with Gasteiger partial charge in [-0.05, 0) is 55.3 Å². The highest BCUT2D eigenvalue weighted by atomic mass is 32.2. The number of rotatable bonds is 8. The van der Waals surface area contributed by atoms with E-state index in [1.807, 2.05) is 0 Å². The van der Waals surface area contributed by atoms with Crippen molar-refractivity contribution in [3.8, 4) is 5.75 Å². The van der Waals surface area contributed by atoms with Crippen LogP contribution in [0, 0.1) is 0 Å². The highest BCUT2D eigenvalue weighted by Crippen LogP contribution is 2.27. The number of carbonyl (C=O) groups excluding carboxylic acids is 2. The summed E-state index contributed by atoms with van der Waals surface area (Å²) < 4.78 is 39.7. The number of methoxy groups -OCH3 is 1. The molecule has 1 fully saturated rings. The summed E-state index contributed by atoms with van der Waals surface area (Å²) >= 11 is 0. The summed E-state index contributed by atoms with van der Waals surface area (Å²) in [4.78, 5) is 27.7. The Kier molecular flexibility index (Phi) is 7.94. The smallest absolute Gasteiger partial charge is 0.261 e. The number of carbonyl (C=O) groups is 2. The Hall–Kier alpha value is -3.79. The summed E-state index contributed by atoms with van der Waals surface area (Å²) in [5, 5.41) is 2.71.